The summed E-state index contributed by atoms with van der Waals surface area (Å²) in [5, 5.41) is 6.67. The van der Waals surface area contributed by atoms with Gasteiger partial charge in [0.05, 0.1) is 5.69 Å². The van der Waals surface area contributed by atoms with Crippen LogP contribution in [0, 0.1) is 0 Å². The molecule has 2 aliphatic heterocycles. The van der Waals surface area contributed by atoms with Crippen molar-refractivity contribution in [1.29, 1.82) is 0 Å². The van der Waals surface area contributed by atoms with E-state index in [1.165, 1.54) is 0 Å². The number of hydrogen-bond donors (Lipinski definition) is 1. The minimum atomic E-state index is 0. The maximum absolute atomic E-state index is 5.44. The molecule has 0 aliphatic carbocycles. The molecule has 1 aromatic carbocycles. The maximum atomic E-state index is 5.44. The second-order valence-corrected chi connectivity index (χ2v) is 6.66. The van der Waals surface area contributed by atoms with Gasteiger partial charge in [0.15, 0.2) is 11.5 Å². The molecule has 0 bridgehead atoms. The van der Waals surface area contributed by atoms with E-state index in [-0.39, 0.29) is 12.4 Å². The number of halogens is 1. The highest BCUT2D eigenvalue weighted by atomic mass is 35.5. The number of ether oxygens (including phenoxy) is 2. The first-order valence-corrected chi connectivity index (χ1v) is 8.46. The summed E-state index contributed by atoms with van der Waals surface area (Å²) < 4.78 is 10.8. The minimum Gasteiger partial charge on any atom is -0.454 e. The van der Waals surface area contributed by atoms with E-state index in [4.69, 9.17) is 14.5 Å². The van der Waals surface area contributed by atoms with Crippen LogP contribution in [-0.2, 0) is 6.54 Å². The number of thiazole rings is 1. The van der Waals surface area contributed by atoms with Crippen molar-refractivity contribution in [3.63, 3.8) is 0 Å². The molecule has 3 heterocycles. The van der Waals surface area contributed by atoms with Crippen molar-refractivity contribution in [3.8, 4) is 22.1 Å². The van der Waals surface area contributed by atoms with Crippen LogP contribution in [0.15, 0.2) is 23.6 Å². The average molecular weight is 354 g/mol. The van der Waals surface area contributed by atoms with E-state index in [2.05, 4.69) is 22.5 Å². The Morgan fingerprint density at radius 3 is 3.09 bits per heavy atom. The normalized spacial score (nSPS) is 20.3. The first-order chi connectivity index (χ1) is 10.8. The van der Waals surface area contributed by atoms with Gasteiger partial charge in [-0.15, -0.1) is 23.7 Å². The van der Waals surface area contributed by atoms with Crippen LogP contribution in [0.1, 0.15) is 12.6 Å². The molecule has 5 nitrogen and oxygen atoms in total. The summed E-state index contributed by atoms with van der Waals surface area (Å²) in [5.41, 5.74) is 2.24. The Balaban J connectivity index is 0.00000156. The third-order valence-electron chi connectivity index (χ3n) is 4.01. The van der Waals surface area contributed by atoms with Crippen molar-refractivity contribution in [2.45, 2.75) is 19.5 Å². The lowest BCUT2D eigenvalue weighted by molar-refractivity contribution is 0.174. The predicted octanol–water partition coefficient (Wildman–Crippen LogP) is 2.75. The summed E-state index contributed by atoms with van der Waals surface area (Å²) in [6, 6.07) is 6.57. The first kappa shape index (κ1) is 16.5. The molecule has 0 unspecified atom stereocenters. The number of aromatic nitrogens is 1. The fourth-order valence-electron chi connectivity index (χ4n) is 2.93. The lowest BCUT2D eigenvalue weighted by Crippen LogP contribution is -2.48. The van der Waals surface area contributed by atoms with E-state index in [0.717, 1.165) is 53.9 Å². The van der Waals surface area contributed by atoms with Crippen molar-refractivity contribution >= 4 is 23.7 Å². The number of hydrogen-bond acceptors (Lipinski definition) is 6. The molecule has 7 heteroatoms. The van der Waals surface area contributed by atoms with Gasteiger partial charge in [-0.1, -0.05) is 0 Å². The third kappa shape index (κ3) is 3.61. The van der Waals surface area contributed by atoms with Crippen LogP contribution in [0.3, 0.4) is 0 Å². The van der Waals surface area contributed by atoms with Crippen LogP contribution in [0.5, 0.6) is 11.5 Å². The van der Waals surface area contributed by atoms with Gasteiger partial charge in [-0.25, -0.2) is 4.98 Å². The topological polar surface area (TPSA) is 46.6 Å². The van der Waals surface area contributed by atoms with Gasteiger partial charge in [-0.05, 0) is 25.1 Å². The minimum absolute atomic E-state index is 0. The molecule has 0 saturated carbocycles. The van der Waals surface area contributed by atoms with E-state index in [0.29, 0.717) is 12.8 Å². The molecule has 4 rings (SSSR count). The highest BCUT2D eigenvalue weighted by Gasteiger charge is 2.18. The lowest BCUT2D eigenvalue weighted by atomic mass is 10.2. The van der Waals surface area contributed by atoms with Gasteiger partial charge in [0, 0.05) is 43.2 Å². The van der Waals surface area contributed by atoms with Crippen molar-refractivity contribution in [1.82, 2.24) is 15.2 Å². The van der Waals surface area contributed by atoms with Gasteiger partial charge in [0.25, 0.3) is 0 Å². The SMILES string of the molecule is C[C@H]1CN(Cc2csc(-c3ccc4c(c3)OCO4)n2)CCN1.Cl. The second kappa shape index (κ2) is 7.05. The maximum Gasteiger partial charge on any atom is 0.231 e. The second-order valence-electron chi connectivity index (χ2n) is 5.80. The first-order valence-electron chi connectivity index (χ1n) is 7.58. The zero-order chi connectivity index (χ0) is 14.9. The van der Waals surface area contributed by atoms with Gasteiger partial charge in [-0.3, -0.25) is 4.90 Å². The standard InChI is InChI=1S/C16H19N3O2S.ClH/c1-11-7-19(5-4-17-11)8-13-9-22-16(18-13)12-2-3-14-15(6-12)21-10-20-14;/h2-3,6,9,11,17H,4-5,7-8,10H2,1H3;1H/t11-;/m0./s1. The smallest absolute Gasteiger partial charge is 0.231 e. The monoisotopic (exact) mass is 353 g/mol. The van der Waals surface area contributed by atoms with Crippen molar-refractivity contribution in [2.75, 3.05) is 26.4 Å². The molecule has 2 aliphatic rings. The van der Waals surface area contributed by atoms with Crippen molar-refractivity contribution in [3.05, 3.63) is 29.3 Å². The average Bonchev–Trinajstić information content (AvgIpc) is 3.15. The molecule has 0 amide bonds. The number of benzene rings is 1. The van der Waals surface area contributed by atoms with E-state index in [1.54, 1.807) is 11.3 Å². The number of piperazine rings is 1. The summed E-state index contributed by atoms with van der Waals surface area (Å²) in [5.74, 6) is 1.63. The number of nitrogens with one attached hydrogen (secondary N) is 1. The molecular formula is C16H20ClN3O2S. The van der Waals surface area contributed by atoms with E-state index in [9.17, 15) is 0 Å². The van der Waals surface area contributed by atoms with Crippen LogP contribution in [0.25, 0.3) is 10.6 Å². The molecule has 0 radical (unpaired) electrons. The van der Waals surface area contributed by atoms with E-state index >= 15 is 0 Å². The van der Waals surface area contributed by atoms with Gasteiger partial charge >= 0.3 is 0 Å². The van der Waals surface area contributed by atoms with Gasteiger partial charge in [0.2, 0.25) is 6.79 Å². The molecule has 124 valence electrons. The predicted molar refractivity (Wildman–Crippen MR) is 93.7 cm³/mol. The van der Waals surface area contributed by atoms with E-state index in [1.807, 2.05) is 18.2 Å². The quantitative estimate of drug-likeness (QED) is 0.919. The molecule has 1 N–H and O–H groups in total. The summed E-state index contributed by atoms with van der Waals surface area (Å²) in [4.78, 5) is 7.24. The van der Waals surface area contributed by atoms with Crippen LogP contribution >= 0.6 is 23.7 Å². The molecule has 1 saturated heterocycles. The summed E-state index contributed by atoms with van der Waals surface area (Å²) in [6.07, 6.45) is 0. The van der Waals surface area contributed by atoms with Gasteiger partial charge in [0.1, 0.15) is 5.01 Å². The highest BCUT2D eigenvalue weighted by Crippen LogP contribution is 2.36. The number of fused-ring (bicyclic) bond motifs is 1. The van der Waals surface area contributed by atoms with Crippen LogP contribution < -0.4 is 14.8 Å². The summed E-state index contributed by atoms with van der Waals surface area (Å²) >= 11 is 1.69. The Labute approximate surface area is 146 Å². The van der Waals surface area contributed by atoms with Crippen LogP contribution in [0.2, 0.25) is 0 Å². The molecule has 1 aromatic heterocycles. The van der Waals surface area contributed by atoms with Crippen molar-refractivity contribution < 1.29 is 9.47 Å². The van der Waals surface area contributed by atoms with E-state index < -0.39 is 0 Å². The molecule has 1 fully saturated rings. The Kier molecular flexibility index (Phi) is 5.06. The Bertz CT molecular complexity index is 679. The Morgan fingerprint density at radius 2 is 2.22 bits per heavy atom. The molecule has 1 atom stereocenters. The van der Waals surface area contributed by atoms with Gasteiger partial charge < -0.3 is 14.8 Å². The van der Waals surface area contributed by atoms with Crippen LogP contribution in [0.4, 0.5) is 0 Å². The third-order valence-corrected chi connectivity index (χ3v) is 4.95. The molecule has 0 spiro atoms. The molecule has 23 heavy (non-hydrogen) atoms. The molecular weight excluding hydrogens is 334 g/mol. The summed E-state index contributed by atoms with van der Waals surface area (Å²) in [7, 11) is 0. The fourth-order valence-corrected chi connectivity index (χ4v) is 3.73. The fraction of sp³-hybridized carbons (Fsp3) is 0.438. The zero-order valence-electron chi connectivity index (χ0n) is 12.9. The number of rotatable bonds is 3. The Hall–Kier alpha value is -1.34. The summed E-state index contributed by atoms with van der Waals surface area (Å²) in [6.45, 7) is 6.68. The lowest BCUT2D eigenvalue weighted by Gasteiger charge is -2.31. The number of nitrogens with zero attached hydrogens (tertiary/aromatic N) is 2. The van der Waals surface area contributed by atoms with Crippen LogP contribution in [-0.4, -0.2) is 42.4 Å². The van der Waals surface area contributed by atoms with Crippen molar-refractivity contribution in [2.24, 2.45) is 0 Å². The largest absolute Gasteiger partial charge is 0.454 e. The Morgan fingerprint density at radius 1 is 1.35 bits per heavy atom. The highest BCUT2D eigenvalue weighted by molar-refractivity contribution is 7.13. The zero-order valence-corrected chi connectivity index (χ0v) is 14.6. The molecule has 2 aromatic rings. The van der Waals surface area contributed by atoms with Gasteiger partial charge in [-0.2, -0.15) is 0 Å².